The Balaban J connectivity index is 1.45. The Hall–Kier alpha value is -2.68. The van der Waals surface area contributed by atoms with Crippen LogP contribution in [0, 0.1) is 0 Å². The van der Waals surface area contributed by atoms with Gasteiger partial charge in [0, 0.05) is 19.2 Å². The minimum Gasteiger partial charge on any atom is -0.355 e. The Kier molecular flexibility index (Phi) is 3.38. The molecule has 0 aromatic carbocycles. The van der Waals surface area contributed by atoms with Gasteiger partial charge in [-0.1, -0.05) is 11.2 Å². The van der Waals surface area contributed by atoms with Crippen LogP contribution >= 0.6 is 11.3 Å². The molecule has 124 valence electrons. The summed E-state index contributed by atoms with van der Waals surface area (Å²) in [6.45, 7) is 0.738. The Morgan fingerprint density at radius 2 is 2.12 bits per heavy atom. The number of urea groups is 1. The first-order valence-electron chi connectivity index (χ1n) is 7.51. The van der Waals surface area contributed by atoms with Gasteiger partial charge in [0.1, 0.15) is 5.54 Å². The second-order valence-electron chi connectivity index (χ2n) is 5.84. The summed E-state index contributed by atoms with van der Waals surface area (Å²) in [6.07, 6.45) is 0.762. The molecule has 0 bridgehead atoms. The molecule has 0 radical (unpaired) electrons. The zero-order valence-electron chi connectivity index (χ0n) is 12.6. The Morgan fingerprint density at radius 1 is 1.33 bits per heavy atom. The van der Waals surface area contributed by atoms with E-state index in [0.29, 0.717) is 31.7 Å². The number of amides is 4. The summed E-state index contributed by atoms with van der Waals surface area (Å²) in [5.74, 6) is 0.00594. The van der Waals surface area contributed by atoms with Crippen LogP contribution in [-0.4, -0.2) is 46.5 Å². The molecule has 2 N–H and O–H groups in total. The summed E-state index contributed by atoms with van der Waals surface area (Å²) in [6, 6.07) is 4.94. The molecule has 24 heavy (non-hydrogen) atoms. The molecule has 0 unspecified atom stereocenters. The molecule has 4 rings (SSSR count). The lowest BCUT2D eigenvalue weighted by Gasteiger charge is -2.36. The summed E-state index contributed by atoms with van der Waals surface area (Å²) >= 11 is 1.51. The largest absolute Gasteiger partial charge is 0.355 e. The molecule has 8 nitrogen and oxygen atoms in total. The number of carbonyl (C=O) groups is 3. The molecule has 0 aliphatic carbocycles. The molecule has 2 aliphatic heterocycles. The zero-order chi connectivity index (χ0) is 16.7. The lowest BCUT2D eigenvalue weighted by Crippen LogP contribution is -2.55. The van der Waals surface area contributed by atoms with Crippen molar-refractivity contribution in [1.29, 1.82) is 0 Å². The van der Waals surface area contributed by atoms with E-state index in [0.717, 1.165) is 4.88 Å². The van der Waals surface area contributed by atoms with Crippen molar-refractivity contribution >= 4 is 29.2 Å². The van der Waals surface area contributed by atoms with Crippen molar-refractivity contribution in [2.24, 2.45) is 0 Å². The van der Waals surface area contributed by atoms with Crippen molar-refractivity contribution in [1.82, 2.24) is 20.7 Å². The van der Waals surface area contributed by atoms with Crippen LogP contribution in [0.15, 0.2) is 28.1 Å². The van der Waals surface area contributed by atoms with Gasteiger partial charge >= 0.3 is 6.03 Å². The first-order chi connectivity index (χ1) is 11.6. The average Bonchev–Trinajstić information content (AvgIpc) is 3.29. The van der Waals surface area contributed by atoms with Gasteiger partial charge in [-0.25, -0.2) is 4.79 Å². The maximum absolute atomic E-state index is 12.6. The summed E-state index contributed by atoms with van der Waals surface area (Å²) in [7, 11) is 0. The molecule has 4 amide bonds. The minimum absolute atomic E-state index is 0.235. The number of hydrogen-bond acceptors (Lipinski definition) is 6. The second kappa shape index (κ2) is 5.45. The van der Waals surface area contributed by atoms with Crippen molar-refractivity contribution in [2.45, 2.75) is 18.4 Å². The lowest BCUT2D eigenvalue weighted by atomic mass is 9.87. The van der Waals surface area contributed by atoms with Crippen LogP contribution in [0.2, 0.25) is 0 Å². The molecule has 2 aromatic rings. The Bertz CT molecular complexity index is 805. The predicted molar refractivity (Wildman–Crippen MR) is 84.4 cm³/mol. The number of aromatic nitrogens is 1. The number of nitrogens with zero attached hydrogens (tertiary/aromatic N) is 2. The summed E-state index contributed by atoms with van der Waals surface area (Å²) in [4.78, 5) is 38.3. The molecular weight excluding hydrogens is 332 g/mol. The molecule has 0 atom stereocenters. The first-order valence-corrected chi connectivity index (χ1v) is 8.39. The highest BCUT2D eigenvalue weighted by molar-refractivity contribution is 7.13. The third-order valence-corrected chi connectivity index (χ3v) is 5.30. The van der Waals surface area contributed by atoms with Crippen molar-refractivity contribution in [2.75, 3.05) is 13.1 Å². The number of hydrogen-bond donors (Lipinski definition) is 2. The fraction of sp³-hybridized carbons (Fsp3) is 0.333. The number of rotatable bonds is 2. The summed E-state index contributed by atoms with van der Waals surface area (Å²) in [5, 5.41) is 10.7. The predicted octanol–water partition coefficient (Wildman–Crippen LogP) is 1.22. The molecular formula is C15H14N4O4S. The normalized spacial score (nSPS) is 19.4. The van der Waals surface area contributed by atoms with Crippen LogP contribution in [-0.2, 0) is 4.79 Å². The number of piperidine rings is 1. The topological polar surface area (TPSA) is 105 Å². The number of nitrogens with one attached hydrogen (secondary N) is 2. The zero-order valence-corrected chi connectivity index (χ0v) is 13.4. The number of likely N-dealkylation sites (tertiary alicyclic amines) is 1. The fourth-order valence-electron chi connectivity index (χ4n) is 3.04. The highest BCUT2D eigenvalue weighted by atomic mass is 32.1. The van der Waals surface area contributed by atoms with E-state index in [1.165, 1.54) is 11.3 Å². The molecule has 2 fully saturated rings. The van der Waals surface area contributed by atoms with Gasteiger partial charge in [0.2, 0.25) is 0 Å². The van der Waals surface area contributed by atoms with Gasteiger partial charge in [0.05, 0.1) is 4.88 Å². The molecule has 1 spiro atoms. The third-order valence-electron chi connectivity index (χ3n) is 4.41. The highest BCUT2D eigenvalue weighted by Crippen LogP contribution is 2.28. The van der Waals surface area contributed by atoms with Gasteiger partial charge in [-0.05, 0) is 24.3 Å². The quantitative estimate of drug-likeness (QED) is 0.796. The number of thiophene rings is 1. The van der Waals surface area contributed by atoms with Crippen molar-refractivity contribution in [3.05, 3.63) is 29.3 Å². The molecule has 2 aromatic heterocycles. The van der Waals surface area contributed by atoms with Crippen LogP contribution in [0.25, 0.3) is 10.6 Å². The van der Waals surface area contributed by atoms with Gasteiger partial charge in [-0.15, -0.1) is 11.3 Å². The Morgan fingerprint density at radius 3 is 2.75 bits per heavy atom. The average molecular weight is 346 g/mol. The van der Waals surface area contributed by atoms with E-state index < -0.39 is 11.6 Å². The molecule has 0 saturated carbocycles. The van der Waals surface area contributed by atoms with Gasteiger partial charge in [0.15, 0.2) is 11.5 Å². The molecule has 4 heterocycles. The molecule has 9 heteroatoms. The maximum atomic E-state index is 12.6. The standard InChI is InChI=1S/C15H14N4O4S/c20-12(9-8-10(23-18-9)11-2-1-7-24-11)19-5-3-15(4-6-19)13(21)16-14(22)17-15/h1-2,7-8H,3-6H2,(H2,16,17,21,22). The summed E-state index contributed by atoms with van der Waals surface area (Å²) in [5.41, 5.74) is -0.644. The van der Waals surface area contributed by atoms with Gasteiger partial charge in [-0.3, -0.25) is 14.9 Å². The first kappa shape index (κ1) is 14.9. The van der Waals surface area contributed by atoms with E-state index in [-0.39, 0.29) is 17.5 Å². The van der Waals surface area contributed by atoms with E-state index in [4.69, 9.17) is 4.52 Å². The SMILES string of the molecule is O=C1NC(=O)C2(CCN(C(=O)c3cc(-c4cccs4)on3)CC2)N1. The van der Waals surface area contributed by atoms with Crippen LogP contribution in [0.4, 0.5) is 4.79 Å². The van der Waals surface area contributed by atoms with Crippen molar-refractivity contribution < 1.29 is 18.9 Å². The smallest absolute Gasteiger partial charge is 0.322 e. The fourth-order valence-corrected chi connectivity index (χ4v) is 3.72. The van der Waals surface area contributed by atoms with Crippen LogP contribution in [0.5, 0.6) is 0 Å². The van der Waals surface area contributed by atoms with Crippen LogP contribution in [0.3, 0.4) is 0 Å². The highest BCUT2D eigenvalue weighted by Gasteiger charge is 2.48. The number of imide groups is 1. The van der Waals surface area contributed by atoms with E-state index in [2.05, 4.69) is 15.8 Å². The minimum atomic E-state index is -0.889. The third kappa shape index (κ3) is 2.37. The van der Waals surface area contributed by atoms with Crippen molar-refractivity contribution in [3.8, 4) is 10.6 Å². The van der Waals surface area contributed by atoms with E-state index in [9.17, 15) is 14.4 Å². The van der Waals surface area contributed by atoms with E-state index in [1.807, 2.05) is 17.5 Å². The summed E-state index contributed by atoms with van der Waals surface area (Å²) < 4.78 is 5.24. The number of carbonyl (C=O) groups excluding carboxylic acids is 3. The van der Waals surface area contributed by atoms with E-state index >= 15 is 0 Å². The van der Waals surface area contributed by atoms with Crippen LogP contribution < -0.4 is 10.6 Å². The van der Waals surface area contributed by atoms with Gasteiger partial charge in [0.25, 0.3) is 11.8 Å². The lowest BCUT2D eigenvalue weighted by molar-refractivity contribution is -0.125. The molecule has 2 aliphatic rings. The maximum Gasteiger partial charge on any atom is 0.322 e. The second-order valence-corrected chi connectivity index (χ2v) is 6.78. The monoisotopic (exact) mass is 346 g/mol. The van der Waals surface area contributed by atoms with Gasteiger partial charge < -0.3 is 14.7 Å². The molecule has 2 saturated heterocycles. The van der Waals surface area contributed by atoms with E-state index in [1.54, 1.807) is 11.0 Å². The van der Waals surface area contributed by atoms with Crippen LogP contribution in [0.1, 0.15) is 23.3 Å². The van der Waals surface area contributed by atoms with Crippen molar-refractivity contribution in [3.63, 3.8) is 0 Å². The Labute approximate surface area is 140 Å². The van der Waals surface area contributed by atoms with Gasteiger partial charge in [-0.2, -0.15) is 0 Å².